The molecule has 3 aromatic rings. The number of aromatic nitrogens is 2. The quantitative estimate of drug-likeness (QED) is 0.480. The van der Waals surface area contributed by atoms with E-state index in [1.165, 1.54) is 0 Å². The molecular formula is C24H26ClN5OS. The van der Waals surface area contributed by atoms with Crippen LogP contribution in [0.5, 0.6) is 0 Å². The summed E-state index contributed by atoms with van der Waals surface area (Å²) in [6, 6.07) is 15.4. The van der Waals surface area contributed by atoms with Crippen molar-refractivity contribution in [2.24, 2.45) is 5.92 Å². The summed E-state index contributed by atoms with van der Waals surface area (Å²) < 4.78 is 2.21. The van der Waals surface area contributed by atoms with E-state index < -0.39 is 0 Å². The van der Waals surface area contributed by atoms with Gasteiger partial charge in [0.2, 0.25) is 5.91 Å². The minimum Gasteiger partial charge on any atom is -0.351 e. The number of aryl methyl sites for hydroxylation is 1. The number of carbonyl (C=O) groups excluding carboxylic acids is 1. The molecule has 1 saturated heterocycles. The fraction of sp³-hybridized carbons (Fsp3) is 0.292. The van der Waals surface area contributed by atoms with Gasteiger partial charge in [-0.15, -0.1) is 0 Å². The molecule has 1 aromatic carbocycles. The van der Waals surface area contributed by atoms with E-state index in [1.807, 2.05) is 56.3 Å². The van der Waals surface area contributed by atoms with Crippen LogP contribution in [-0.4, -0.2) is 20.6 Å². The summed E-state index contributed by atoms with van der Waals surface area (Å²) in [6.45, 7) is 6.65. The predicted molar refractivity (Wildman–Crippen MR) is 133 cm³/mol. The predicted octanol–water partition coefficient (Wildman–Crippen LogP) is 5.33. The largest absolute Gasteiger partial charge is 0.351 e. The molecule has 0 aliphatic carbocycles. The second-order valence-electron chi connectivity index (χ2n) is 8.02. The van der Waals surface area contributed by atoms with Gasteiger partial charge in [-0.3, -0.25) is 9.78 Å². The van der Waals surface area contributed by atoms with Gasteiger partial charge < -0.3 is 20.1 Å². The number of anilines is 2. The van der Waals surface area contributed by atoms with Crippen LogP contribution in [0.25, 0.3) is 0 Å². The molecule has 1 aliphatic rings. The van der Waals surface area contributed by atoms with Crippen LogP contribution in [0.4, 0.5) is 11.4 Å². The lowest BCUT2D eigenvalue weighted by atomic mass is 10.0. The number of hydrogen-bond acceptors (Lipinski definition) is 3. The number of rotatable bonds is 6. The average molecular weight is 468 g/mol. The minimum absolute atomic E-state index is 0.0770. The van der Waals surface area contributed by atoms with Crippen molar-refractivity contribution in [2.45, 2.75) is 39.4 Å². The van der Waals surface area contributed by atoms with Crippen molar-refractivity contribution in [1.29, 1.82) is 0 Å². The zero-order chi connectivity index (χ0) is 22.8. The highest BCUT2D eigenvalue weighted by molar-refractivity contribution is 7.80. The molecule has 6 nitrogen and oxygen atoms in total. The van der Waals surface area contributed by atoms with E-state index in [-0.39, 0.29) is 23.9 Å². The normalized spacial score (nSPS) is 18.2. The molecule has 0 bridgehead atoms. The molecule has 166 valence electrons. The van der Waals surface area contributed by atoms with Crippen LogP contribution in [0, 0.1) is 5.92 Å². The number of nitrogens with one attached hydrogen (secondary N) is 2. The molecule has 0 saturated carbocycles. The smallest absolute Gasteiger partial charge is 0.226 e. The van der Waals surface area contributed by atoms with Crippen LogP contribution in [0.1, 0.15) is 44.2 Å². The van der Waals surface area contributed by atoms with Gasteiger partial charge in [-0.1, -0.05) is 31.5 Å². The highest BCUT2D eigenvalue weighted by atomic mass is 35.5. The van der Waals surface area contributed by atoms with Gasteiger partial charge in [-0.2, -0.15) is 0 Å². The van der Waals surface area contributed by atoms with Crippen molar-refractivity contribution in [3.05, 3.63) is 77.3 Å². The van der Waals surface area contributed by atoms with Crippen LogP contribution in [0.2, 0.25) is 5.02 Å². The van der Waals surface area contributed by atoms with Gasteiger partial charge in [0.25, 0.3) is 0 Å². The molecule has 2 N–H and O–H groups in total. The summed E-state index contributed by atoms with van der Waals surface area (Å²) in [5.41, 5.74) is 3.48. The van der Waals surface area contributed by atoms with E-state index in [2.05, 4.69) is 44.3 Å². The van der Waals surface area contributed by atoms with Gasteiger partial charge in [-0.05, 0) is 61.6 Å². The highest BCUT2D eigenvalue weighted by Gasteiger charge is 2.42. The Balaban J connectivity index is 1.75. The van der Waals surface area contributed by atoms with Crippen molar-refractivity contribution in [2.75, 3.05) is 10.2 Å². The zero-order valence-electron chi connectivity index (χ0n) is 18.2. The molecule has 0 radical (unpaired) electrons. The molecule has 0 unspecified atom stereocenters. The number of halogens is 1. The van der Waals surface area contributed by atoms with Gasteiger partial charge in [0, 0.05) is 36.2 Å². The summed E-state index contributed by atoms with van der Waals surface area (Å²) in [6.07, 6.45) is 3.86. The molecule has 0 spiro atoms. The fourth-order valence-corrected chi connectivity index (χ4v) is 4.52. The Morgan fingerprint density at radius 2 is 2.06 bits per heavy atom. The van der Waals surface area contributed by atoms with Gasteiger partial charge in [0.1, 0.15) is 6.04 Å². The maximum atomic E-state index is 12.1. The molecule has 32 heavy (non-hydrogen) atoms. The Labute approximate surface area is 198 Å². The first kappa shape index (κ1) is 22.3. The minimum atomic E-state index is -0.133. The number of carbonyl (C=O) groups is 1. The highest BCUT2D eigenvalue weighted by Crippen LogP contribution is 2.42. The zero-order valence-corrected chi connectivity index (χ0v) is 19.8. The van der Waals surface area contributed by atoms with Gasteiger partial charge in [0.15, 0.2) is 5.11 Å². The summed E-state index contributed by atoms with van der Waals surface area (Å²) in [5, 5.41) is 7.40. The van der Waals surface area contributed by atoms with Gasteiger partial charge in [-0.25, -0.2) is 0 Å². The lowest BCUT2D eigenvalue weighted by Crippen LogP contribution is -2.30. The average Bonchev–Trinajstić information content (AvgIpc) is 3.39. The molecule has 4 rings (SSSR count). The maximum absolute atomic E-state index is 12.1. The SMILES string of the molecule is CCn1cccc1[C@@H]1[C@H](c2ccccn2)NC(=S)N1c1ccc(NC(=O)C(C)C)c(Cl)c1. The lowest BCUT2D eigenvalue weighted by Gasteiger charge is -2.29. The van der Waals surface area contributed by atoms with Gasteiger partial charge >= 0.3 is 0 Å². The van der Waals surface area contributed by atoms with Crippen LogP contribution >= 0.6 is 23.8 Å². The van der Waals surface area contributed by atoms with Crippen molar-refractivity contribution in [3.63, 3.8) is 0 Å². The standard InChI is InChI=1S/C24H26ClN5OS/c1-4-29-13-7-9-20(29)22-21(19-8-5-6-12-26-19)28-24(32)30(22)16-10-11-18(17(25)14-16)27-23(31)15(2)3/h5-15,21-22H,4H2,1-3H3,(H,27,31)(H,28,32)/t21-,22+/m0/s1. The summed E-state index contributed by atoms with van der Waals surface area (Å²) in [4.78, 5) is 18.8. The number of amides is 1. The van der Waals surface area contributed by atoms with E-state index in [4.69, 9.17) is 23.8 Å². The molecule has 1 aliphatic heterocycles. The molecule has 3 heterocycles. The van der Waals surface area contributed by atoms with Crippen molar-refractivity contribution in [1.82, 2.24) is 14.9 Å². The monoisotopic (exact) mass is 467 g/mol. The van der Waals surface area contributed by atoms with Crippen LogP contribution in [0.3, 0.4) is 0 Å². The van der Waals surface area contributed by atoms with Crippen LogP contribution < -0.4 is 15.5 Å². The summed E-state index contributed by atoms with van der Waals surface area (Å²) >= 11 is 12.3. The van der Waals surface area contributed by atoms with E-state index in [0.717, 1.165) is 23.6 Å². The molecule has 1 fully saturated rings. The molecule has 2 atom stereocenters. The summed E-state index contributed by atoms with van der Waals surface area (Å²) in [7, 11) is 0. The number of nitrogens with zero attached hydrogens (tertiary/aromatic N) is 3. The van der Waals surface area contributed by atoms with Crippen molar-refractivity contribution < 1.29 is 4.79 Å². The summed E-state index contributed by atoms with van der Waals surface area (Å²) in [5.74, 6) is -0.210. The van der Waals surface area contributed by atoms with Crippen LogP contribution in [0.15, 0.2) is 60.9 Å². The number of pyridine rings is 1. The van der Waals surface area contributed by atoms with Crippen LogP contribution in [-0.2, 0) is 11.3 Å². The first-order valence-electron chi connectivity index (χ1n) is 10.7. The van der Waals surface area contributed by atoms with Crippen molar-refractivity contribution in [3.8, 4) is 0 Å². The third-order valence-electron chi connectivity index (χ3n) is 5.62. The number of thiocarbonyl (C=S) groups is 1. The number of benzene rings is 1. The Morgan fingerprint density at radius 1 is 1.25 bits per heavy atom. The maximum Gasteiger partial charge on any atom is 0.226 e. The third-order valence-corrected chi connectivity index (χ3v) is 6.25. The topological polar surface area (TPSA) is 62.2 Å². The first-order chi connectivity index (χ1) is 15.4. The Kier molecular flexibility index (Phi) is 6.48. The van der Waals surface area contributed by atoms with Gasteiger partial charge in [0.05, 0.1) is 22.4 Å². The molecule has 8 heteroatoms. The Hall–Kier alpha value is -2.90. The van der Waals surface area contributed by atoms with E-state index in [0.29, 0.717) is 15.8 Å². The van der Waals surface area contributed by atoms with E-state index in [9.17, 15) is 4.79 Å². The molecule has 2 aromatic heterocycles. The lowest BCUT2D eigenvalue weighted by molar-refractivity contribution is -0.118. The first-order valence-corrected chi connectivity index (χ1v) is 11.5. The second-order valence-corrected chi connectivity index (χ2v) is 8.82. The number of hydrogen-bond donors (Lipinski definition) is 2. The fourth-order valence-electron chi connectivity index (χ4n) is 3.95. The second kappa shape index (κ2) is 9.30. The third kappa shape index (κ3) is 4.23. The Bertz CT molecular complexity index is 1130. The van der Waals surface area contributed by atoms with Crippen molar-refractivity contribution >= 4 is 46.2 Å². The van der Waals surface area contributed by atoms with E-state index >= 15 is 0 Å². The molecule has 1 amide bonds. The van der Waals surface area contributed by atoms with E-state index in [1.54, 1.807) is 6.20 Å². The molecular weight excluding hydrogens is 442 g/mol. The Morgan fingerprint density at radius 3 is 2.72 bits per heavy atom.